The van der Waals surface area contributed by atoms with Gasteiger partial charge in [-0.05, 0) is 18.2 Å². The monoisotopic (exact) mass is 347 g/mol. The number of fused-ring (bicyclic) bond motifs is 1. The number of thioether (sulfide) groups is 2. The van der Waals surface area contributed by atoms with E-state index in [-0.39, 0.29) is 5.91 Å². The van der Waals surface area contributed by atoms with Crippen LogP contribution in [0.25, 0.3) is 11.0 Å². The molecule has 2 aliphatic rings. The molecule has 0 aromatic carbocycles. The fourth-order valence-corrected chi connectivity index (χ4v) is 4.96. The van der Waals surface area contributed by atoms with Gasteiger partial charge in [-0.1, -0.05) is 0 Å². The van der Waals surface area contributed by atoms with E-state index >= 15 is 0 Å². The molecule has 1 amide bonds. The summed E-state index contributed by atoms with van der Waals surface area (Å²) in [6, 6.07) is 7.18. The summed E-state index contributed by atoms with van der Waals surface area (Å²) in [4.78, 5) is 24.0. The molecule has 2 aliphatic heterocycles. The number of carbonyl (C=O) groups is 1. The molecule has 4 rings (SSSR count). The molecule has 8 heteroatoms. The Kier molecular flexibility index (Phi) is 3.67. The lowest BCUT2D eigenvalue weighted by Crippen LogP contribution is -2.35. The molecular weight excluding hydrogens is 334 g/mol. The zero-order chi connectivity index (χ0) is 16.0. The fraction of sp³-hybridized carbons (Fsp3) is 0.267. The second kappa shape index (κ2) is 5.70. The van der Waals surface area contributed by atoms with Gasteiger partial charge in [0.15, 0.2) is 11.9 Å². The molecule has 0 radical (unpaired) electrons. The van der Waals surface area contributed by atoms with Gasteiger partial charge in [-0.3, -0.25) is 9.69 Å². The van der Waals surface area contributed by atoms with Crippen molar-refractivity contribution in [2.45, 2.75) is 6.23 Å². The lowest BCUT2D eigenvalue weighted by molar-refractivity contribution is -0.115. The molecule has 0 saturated carbocycles. The molecule has 118 valence electrons. The van der Waals surface area contributed by atoms with Crippen molar-refractivity contribution in [2.24, 2.45) is 0 Å². The Morgan fingerprint density at radius 3 is 2.78 bits per heavy atom. The van der Waals surface area contributed by atoms with Gasteiger partial charge < -0.3 is 9.84 Å². The van der Waals surface area contributed by atoms with Crippen molar-refractivity contribution >= 4 is 46.3 Å². The van der Waals surface area contributed by atoms with Gasteiger partial charge in [0.1, 0.15) is 5.82 Å². The maximum Gasteiger partial charge on any atom is 0.269 e. The second-order valence-electron chi connectivity index (χ2n) is 5.01. The maximum absolute atomic E-state index is 12.6. The zero-order valence-electron chi connectivity index (χ0n) is 12.2. The Balaban J connectivity index is 1.76. The van der Waals surface area contributed by atoms with Gasteiger partial charge in [0, 0.05) is 23.0 Å². The summed E-state index contributed by atoms with van der Waals surface area (Å²) < 4.78 is 5.11. The van der Waals surface area contributed by atoms with Gasteiger partial charge in [0.05, 0.1) is 16.9 Å². The maximum atomic E-state index is 12.6. The highest BCUT2D eigenvalue weighted by atomic mass is 32.2. The number of hydrogen-bond acceptors (Lipinski definition) is 7. The lowest BCUT2D eigenvalue weighted by Gasteiger charge is -2.21. The third-order valence-corrected chi connectivity index (χ3v) is 6.28. The molecule has 0 saturated heterocycles. The summed E-state index contributed by atoms with van der Waals surface area (Å²) in [7, 11) is 1.54. The highest BCUT2D eigenvalue weighted by Gasteiger charge is 2.41. The molecule has 0 aliphatic carbocycles. The Labute approximate surface area is 140 Å². The standard InChI is InChI=1S/C15H13N3O3S2/c1-21-10-5-3-8-2-4-9(16-13(8)17-10)18-14(19)11-12(15(18)20)23-7-6-22-11/h2-5,14,19H,6-7H2,1H3. The van der Waals surface area contributed by atoms with Crippen LogP contribution in [0.1, 0.15) is 0 Å². The Bertz CT molecular complexity index is 840. The van der Waals surface area contributed by atoms with Crippen LogP contribution in [0.15, 0.2) is 34.1 Å². The molecule has 1 unspecified atom stereocenters. The van der Waals surface area contributed by atoms with E-state index in [4.69, 9.17) is 4.74 Å². The van der Waals surface area contributed by atoms with Crippen molar-refractivity contribution in [1.82, 2.24) is 9.97 Å². The highest BCUT2D eigenvalue weighted by Crippen LogP contribution is 2.44. The van der Waals surface area contributed by atoms with Crippen LogP contribution in [-0.2, 0) is 4.79 Å². The summed E-state index contributed by atoms with van der Waals surface area (Å²) in [6.45, 7) is 0. The molecule has 4 heterocycles. The molecule has 2 aromatic rings. The molecule has 1 atom stereocenters. The van der Waals surface area contributed by atoms with Crippen LogP contribution in [-0.4, -0.2) is 45.8 Å². The number of hydrogen-bond donors (Lipinski definition) is 1. The number of pyridine rings is 2. The number of ether oxygens (including phenoxy) is 1. The van der Waals surface area contributed by atoms with Crippen LogP contribution < -0.4 is 9.64 Å². The van der Waals surface area contributed by atoms with Crippen LogP contribution in [0.2, 0.25) is 0 Å². The minimum atomic E-state index is -0.967. The summed E-state index contributed by atoms with van der Waals surface area (Å²) in [5.74, 6) is 2.43. The number of anilines is 1. The van der Waals surface area contributed by atoms with Crippen LogP contribution in [0.5, 0.6) is 5.88 Å². The summed E-state index contributed by atoms with van der Waals surface area (Å²) >= 11 is 3.03. The smallest absolute Gasteiger partial charge is 0.269 e. The van der Waals surface area contributed by atoms with E-state index in [2.05, 4.69) is 9.97 Å². The number of nitrogens with zero attached hydrogens (tertiary/aromatic N) is 3. The first-order chi connectivity index (χ1) is 11.2. The highest BCUT2D eigenvalue weighted by molar-refractivity contribution is 8.10. The first-order valence-corrected chi connectivity index (χ1v) is 8.99. The first kappa shape index (κ1) is 14.8. The van der Waals surface area contributed by atoms with E-state index in [0.29, 0.717) is 22.3 Å². The van der Waals surface area contributed by atoms with E-state index in [0.717, 1.165) is 21.8 Å². The van der Waals surface area contributed by atoms with Crippen LogP contribution in [0.4, 0.5) is 5.82 Å². The Morgan fingerprint density at radius 1 is 1.22 bits per heavy atom. The van der Waals surface area contributed by atoms with Gasteiger partial charge in [-0.15, -0.1) is 23.5 Å². The quantitative estimate of drug-likeness (QED) is 0.890. The van der Waals surface area contributed by atoms with Crippen molar-refractivity contribution in [2.75, 3.05) is 23.5 Å². The molecule has 0 fully saturated rings. The summed E-state index contributed by atoms with van der Waals surface area (Å²) in [5.41, 5.74) is 0.479. The SMILES string of the molecule is COc1ccc2ccc(N3C(=O)C4=C(SCCS4)C3O)nc2n1. The topological polar surface area (TPSA) is 75.5 Å². The van der Waals surface area contributed by atoms with Gasteiger partial charge >= 0.3 is 0 Å². The molecule has 1 N–H and O–H groups in total. The number of aliphatic hydroxyl groups excluding tert-OH is 1. The largest absolute Gasteiger partial charge is 0.481 e. The third kappa shape index (κ3) is 2.37. The minimum Gasteiger partial charge on any atom is -0.481 e. The van der Waals surface area contributed by atoms with Crippen molar-refractivity contribution < 1.29 is 14.6 Å². The van der Waals surface area contributed by atoms with Crippen molar-refractivity contribution in [3.8, 4) is 5.88 Å². The Morgan fingerprint density at radius 2 is 2.00 bits per heavy atom. The molecule has 23 heavy (non-hydrogen) atoms. The normalized spacial score (nSPS) is 21.0. The molecule has 6 nitrogen and oxygen atoms in total. The average Bonchev–Trinajstić information content (AvgIpc) is 2.85. The lowest BCUT2D eigenvalue weighted by atomic mass is 10.3. The van der Waals surface area contributed by atoms with E-state index in [9.17, 15) is 9.90 Å². The van der Waals surface area contributed by atoms with Crippen molar-refractivity contribution in [1.29, 1.82) is 0 Å². The number of amides is 1. The molecule has 2 aromatic heterocycles. The molecule has 0 spiro atoms. The number of rotatable bonds is 2. The summed E-state index contributed by atoms with van der Waals surface area (Å²) in [6.07, 6.45) is -0.967. The number of methoxy groups -OCH3 is 1. The number of aliphatic hydroxyl groups is 1. The van der Waals surface area contributed by atoms with Crippen molar-refractivity contribution in [3.05, 3.63) is 34.1 Å². The van der Waals surface area contributed by atoms with Gasteiger partial charge in [0.2, 0.25) is 5.88 Å². The number of aromatic nitrogens is 2. The Hall–Kier alpha value is -1.77. The van der Waals surface area contributed by atoms with E-state index < -0.39 is 6.23 Å². The van der Waals surface area contributed by atoms with E-state index in [1.165, 1.54) is 35.5 Å². The van der Waals surface area contributed by atoms with Gasteiger partial charge in [0.25, 0.3) is 5.91 Å². The molecular formula is C15H13N3O3S2. The van der Waals surface area contributed by atoms with Gasteiger partial charge in [-0.2, -0.15) is 4.98 Å². The fourth-order valence-electron chi connectivity index (χ4n) is 2.58. The summed E-state index contributed by atoms with van der Waals surface area (Å²) in [5, 5.41) is 11.4. The average molecular weight is 347 g/mol. The molecule has 0 bridgehead atoms. The minimum absolute atomic E-state index is 0.195. The van der Waals surface area contributed by atoms with E-state index in [1.54, 1.807) is 12.1 Å². The number of carbonyl (C=O) groups excluding carboxylic acids is 1. The van der Waals surface area contributed by atoms with Gasteiger partial charge in [-0.25, -0.2) is 4.98 Å². The zero-order valence-corrected chi connectivity index (χ0v) is 13.9. The van der Waals surface area contributed by atoms with Crippen LogP contribution in [0, 0.1) is 0 Å². The third-order valence-electron chi connectivity index (χ3n) is 3.67. The predicted molar refractivity (Wildman–Crippen MR) is 91.5 cm³/mol. The van der Waals surface area contributed by atoms with E-state index in [1.807, 2.05) is 12.1 Å². The van der Waals surface area contributed by atoms with Crippen molar-refractivity contribution in [3.63, 3.8) is 0 Å². The second-order valence-corrected chi connectivity index (χ2v) is 7.25. The predicted octanol–water partition coefficient (Wildman–Crippen LogP) is 1.99. The first-order valence-electron chi connectivity index (χ1n) is 7.02. The van der Waals surface area contributed by atoms with Crippen LogP contribution >= 0.6 is 23.5 Å². The van der Waals surface area contributed by atoms with Crippen LogP contribution in [0.3, 0.4) is 0 Å².